The number of hydrogen-bond acceptors (Lipinski definition) is 3. The van der Waals surface area contributed by atoms with E-state index in [0.29, 0.717) is 18.3 Å². The Balaban J connectivity index is 2.26. The molecule has 0 saturated heterocycles. The van der Waals surface area contributed by atoms with Gasteiger partial charge in [0.15, 0.2) is 0 Å². The van der Waals surface area contributed by atoms with Gasteiger partial charge in [0.25, 0.3) is 0 Å². The summed E-state index contributed by atoms with van der Waals surface area (Å²) in [6.45, 7) is 2.62. The topological polar surface area (TPSA) is 50.3 Å². The van der Waals surface area contributed by atoms with Gasteiger partial charge in [0.1, 0.15) is 5.82 Å². The molecule has 0 aliphatic heterocycles. The lowest BCUT2D eigenvalue weighted by Crippen LogP contribution is -2.37. The standard InChI is InChI=1S/C13H20N2O2S/c1-3-11-7-8-14-13(9-11)15(18(2,16)17)10-12-5-4-6-12/h7-9,12H,3-6,10H2,1-2H3. The Morgan fingerprint density at radius 2 is 2.17 bits per heavy atom. The molecule has 1 fully saturated rings. The van der Waals surface area contributed by atoms with Crippen LogP contribution in [0.25, 0.3) is 0 Å². The highest BCUT2D eigenvalue weighted by Gasteiger charge is 2.26. The summed E-state index contributed by atoms with van der Waals surface area (Å²) in [5.74, 6) is 1.05. The summed E-state index contributed by atoms with van der Waals surface area (Å²) in [7, 11) is -3.24. The van der Waals surface area contributed by atoms with Crippen LogP contribution < -0.4 is 4.31 Å². The smallest absolute Gasteiger partial charge is 0.233 e. The number of nitrogens with zero attached hydrogens (tertiary/aromatic N) is 2. The van der Waals surface area contributed by atoms with Crippen LogP contribution in [0.5, 0.6) is 0 Å². The monoisotopic (exact) mass is 268 g/mol. The molecule has 1 aliphatic carbocycles. The average Bonchev–Trinajstić information content (AvgIpc) is 2.25. The molecule has 1 heterocycles. The van der Waals surface area contributed by atoms with Gasteiger partial charge in [-0.05, 0) is 42.9 Å². The number of anilines is 1. The normalized spacial score (nSPS) is 16.3. The number of rotatable bonds is 5. The Hall–Kier alpha value is -1.10. The third-order valence-electron chi connectivity index (χ3n) is 3.52. The van der Waals surface area contributed by atoms with Gasteiger partial charge in [-0.15, -0.1) is 0 Å². The van der Waals surface area contributed by atoms with Crippen LogP contribution >= 0.6 is 0 Å². The van der Waals surface area contributed by atoms with Gasteiger partial charge >= 0.3 is 0 Å². The SMILES string of the molecule is CCc1ccnc(N(CC2CCC2)S(C)(=O)=O)c1. The van der Waals surface area contributed by atoms with Gasteiger partial charge in [0.05, 0.1) is 6.26 Å². The first kappa shape index (κ1) is 13.3. The molecular weight excluding hydrogens is 248 g/mol. The van der Waals surface area contributed by atoms with E-state index in [1.54, 1.807) is 6.20 Å². The van der Waals surface area contributed by atoms with Crippen molar-refractivity contribution >= 4 is 15.8 Å². The lowest BCUT2D eigenvalue weighted by molar-refractivity contribution is 0.325. The third-order valence-corrected chi connectivity index (χ3v) is 4.66. The Labute approximate surface area is 109 Å². The maximum atomic E-state index is 11.9. The van der Waals surface area contributed by atoms with E-state index in [1.165, 1.54) is 17.0 Å². The number of pyridine rings is 1. The number of aryl methyl sites for hydroxylation is 1. The zero-order chi connectivity index (χ0) is 13.2. The molecule has 2 rings (SSSR count). The molecule has 0 N–H and O–H groups in total. The summed E-state index contributed by atoms with van der Waals surface area (Å²) in [5.41, 5.74) is 1.11. The molecule has 0 bridgehead atoms. The van der Waals surface area contributed by atoms with E-state index in [-0.39, 0.29) is 0 Å². The van der Waals surface area contributed by atoms with Crippen LogP contribution in [0.4, 0.5) is 5.82 Å². The third kappa shape index (κ3) is 3.02. The summed E-state index contributed by atoms with van der Waals surface area (Å²) in [5, 5.41) is 0. The zero-order valence-corrected chi connectivity index (χ0v) is 11.8. The van der Waals surface area contributed by atoms with Crippen molar-refractivity contribution in [1.29, 1.82) is 0 Å². The van der Waals surface area contributed by atoms with Gasteiger partial charge in [-0.2, -0.15) is 0 Å². The maximum absolute atomic E-state index is 11.9. The van der Waals surface area contributed by atoms with E-state index >= 15 is 0 Å². The molecule has 1 saturated carbocycles. The van der Waals surface area contributed by atoms with E-state index in [1.807, 2.05) is 12.1 Å². The summed E-state index contributed by atoms with van der Waals surface area (Å²) in [4.78, 5) is 4.21. The predicted molar refractivity (Wildman–Crippen MR) is 73.1 cm³/mol. The molecule has 100 valence electrons. The van der Waals surface area contributed by atoms with E-state index in [9.17, 15) is 8.42 Å². The van der Waals surface area contributed by atoms with Crippen molar-refractivity contribution in [3.8, 4) is 0 Å². The minimum absolute atomic E-state index is 0.492. The van der Waals surface area contributed by atoms with Gasteiger partial charge in [-0.25, -0.2) is 13.4 Å². The van der Waals surface area contributed by atoms with Crippen LogP contribution in [0, 0.1) is 5.92 Å². The van der Waals surface area contributed by atoms with Crippen molar-refractivity contribution in [2.75, 3.05) is 17.1 Å². The molecule has 1 aliphatic rings. The highest BCUT2D eigenvalue weighted by Crippen LogP contribution is 2.29. The Bertz CT molecular complexity index is 509. The van der Waals surface area contributed by atoms with Crippen LogP contribution in [0.1, 0.15) is 31.7 Å². The fourth-order valence-electron chi connectivity index (χ4n) is 2.13. The molecule has 0 atom stereocenters. The first-order valence-electron chi connectivity index (χ1n) is 6.43. The second-order valence-electron chi connectivity index (χ2n) is 4.97. The lowest BCUT2D eigenvalue weighted by Gasteiger charge is -2.31. The Kier molecular flexibility index (Phi) is 3.90. The van der Waals surface area contributed by atoms with Crippen molar-refractivity contribution in [3.63, 3.8) is 0 Å². The van der Waals surface area contributed by atoms with Crippen molar-refractivity contribution in [2.24, 2.45) is 5.92 Å². The first-order valence-corrected chi connectivity index (χ1v) is 8.28. The van der Waals surface area contributed by atoms with Crippen molar-refractivity contribution < 1.29 is 8.42 Å². The minimum atomic E-state index is -3.24. The zero-order valence-electron chi connectivity index (χ0n) is 11.0. The van der Waals surface area contributed by atoms with Crippen molar-refractivity contribution in [3.05, 3.63) is 23.9 Å². The quantitative estimate of drug-likeness (QED) is 0.822. The second-order valence-corrected chi connectivity index (χ2v) is 6.87. The van der Waals surface area contributed by atoms with E-state index in [2.05, 4.69) is 11.9 Å². The van der Waals surface area contributed by atoms with Crippen LogP contribution in [0.15, 0.2) is 18.3 Å². The van der Waals surface area contributed by atoms with Gasteiger partial charge in [-0.3, -0.25) is 4.31 Å². The van der Waals surface area contributed by atoms with Gasteiger partial charge in [0, 0.05) is 12.7 Å². The second kappa shape index (κ2) is 5.26. The molecule has 0 unspecified atom stereocenters. The number of sulfonamides is 1. The number of hydrogen-bond donors (Lipinski definition) is 0. The predicted octanol–water partition coefficient (Wildman–Crippen LogP) is 2.21. The highest BCUT2D eigenvalue weighted by atomic mass is 32.2. The maximum Gasteiger partial charge on any atom is 0.233 e. The molecule has 0 aromatic carbocycles. The molecule has 1 aromatic heterocycles. The fourth-order valence-corrected chi connectivity index (χ4v) is 3.05. The van der Waals surface area contributed by atoms with Crippen LogP contribution in [0.3, 0.4) is 0 Å². The van der Waals surface area contributed by atoms with Crippen molar-refractivity contribution in [1.82, 2.24) is 4.98 Å². The van der Waals surface area contributed by atoms with E-state index in [0.717, 1.165) is 24.8 Å². The molecule has 1 aromatic rings. The fraction of sp³-hybridized carbons (Fsp3) is 0.615. The van der Waals surface area contributed by atoms with E-state index in [4.69, 9.17) is 0 Å². The largest absolute Gasteiger partial charge is 0.254 e. The summed E-state index contributed by atoms with van der Waals surface area (Å²) >= 11 is 0. The van der Waals surface area contributed by atoms with Crippen molar-refractivity contribution in [2.45, 2.75) is 32.6 Å². The Morgan fingerprint density at radius 1 is 1.44 bits per heavy atom. The molecule has 0 radical (unpaired) electrons. The van der Waals surface area contributed by atoms with Gasteiger partial charge in [0.2, 0.25) is 10.0 Å². The van der Waals surface area contributed by atoms with Crippen LogP contribution in [0.2, 0.25) is 0 Å². The molecule has 0 spiro atoms. The average molecular weight is 268 g/mol. The summed E-state index contributed by atoms with van der Waals surface area (Å²) < 4.78 is 25.2. The molecular formula is C13H20N2O2S. The van der Waals surface area contributed by atoms with Gasteiger partial charge < -0.3 is 0 Å². The summed E-state index contributed by atoms with van der Waals surface area (Å²) in [6.07, 6.45) is 7.29. The van der Waals surface area contributed by atoms with Gasteiger partial charge in [-0.1, -0.05) is 13.3 Å². The van der Waals surface area contributed by atoms with Crippen LogP contribution in [-0.4, -0.2) is 26.2 Å². The first-order chi connectivity index (χ1) is 8.50. The lowest BCUT2D eigenvalue weighted by atomic mass is 9.85. The molecule has 5 heteroatoms. The number of aromatic nitrogens is 1. The molecule has 4 nitrogen and oxygen atoms in total. The summed E-state index contributed by atoms with van der Waals surface area (Å²) in [6, 6.07) is 3.80. The Morgan fingerprint density at radius 3 is 2.67 bits per heavy atom. The minimum Gasteiger partial charge on any atom is -0.254 e. The highest BCUT2D eigenvalue weighted by molar-refractivity contribution is 7.92. The molecule has 0 amide bonds. The molecule has 18 heavy (non-hydrogen) atoms. The van der Waals surface area contributed by atoms with Crippen LogP contribution in [-0.2, 0) is 16.4 Å². The van der Waals surface area contributed by atoms with E-state index < -0.39 is 10.0 Å².